The molecule has 4 nitrogen and oxygen atoms in total. The predicted octanol–water partition coefficient (Wildman–Crippen LogP) is 7.40. The molecule has 0 radical (unpaired) electrons. The van der Waals surface area contributed by atoms with E-state index in [4.69, 9.17) is 11.6 Å². The van der Waals surface area contributed by atoms with Crippen LogP contribution in [-0.4, -0.2) is 30.6 Å². The molecule has 3 aromatic carbocycles. The molecule has 9 heteroatoms. The molecular weight excluding hydrogens is 546 g/mol. The van der Waals surface area contributed by atoms with Gasteiger partial charge in [-0.15, -0.1) is 0 Å². The third kappa shape index (κ3) is 6.15. The van der Waals surface area contributed by atoms with Crippen molar-refractivity contribution in [2.24, 2.45) is 5.92 Å². The summed E-state index contributed by atoms with van der Waals surface area (Å²) >= 11 is 5.76. The molecule has 1 aliphatic rings. The predicted molar refractivity (Wildman–Crippen MR) is 150 cm³/mol. The highest BCUT2D eigenvalue weighted by molar-refractivity contribution is 7.71. The Morgan fingerprint density at radius 2 is 1.67 bits per heavy atom. The van der Waals surface area contributed by atoms with Crippen molar-refractivity contribution in [3.63, 3.8) is 0 Å². The number of Topliss-reactive ketones (excluding diaryl/α,β-unsaturated/α-hetero) is 1. The Morgan fingerprint density at radius 3 is 2.31 bits per heavy atom. The lowest BCUT2D eigenvalue weighted by Gasteiger charge is -2.32. The molecule has 0 N–H and O–H groups in total. The van der Waals surface area contributed by atoms with E-state index < -0.39 is 42.1 Å². The van der Waals surface area contributed by atoms with Gasteiger partial charge in [0.05, 0.1) is 0 Å². The van der Waals surface area contributed by atoms with Crippen LogP contribution in [0.2, 0.25) is 5.02 Å². The molecule has 206 valence electrons. The van der Waals surface area contributed by atoms with Gasteiger partial charge >= 0.3 is 0 Å². The van der Waals surface area contributed by atoms with Gasteiger partial charge in [-0.2, -0.15) is 0 Å². The first kappa shape index (κ1) is 29.1. The van der Waals surface area contributed by atoms with Crippen molar-refractivity contribution < 1.29 is 27.3 Å². The first-order chi connectivity index (χ1) is 18.6. The summed E-state index contributed by atoms with van der Waals surface area (Å²) in [7, 11) is -2.74. The van der Waals surface area contributed by atoms with Crippen LogP contribution in [0.3, 0.4) is 0 Å². The summed E-state index contributed by atoms with van der Waals surface area (Å²) in [6.45, 7) is 3.78. The zero-order valence-corrected chi connectivity index (χ0v) is 23.5. The summed E-state index contributed by atoms with van der Waals surface area (Å²) in [6.07, 6.45) is 1.34. The van der Waals surface area contributed by atoms with Gasteiger partial charge in [0, 0.05) is 48.0 Å². The van der Waals surface area contributed by atoms with Crippen molar-refractivity contribution >= 4 is 41.4 Å². The van der Waals surface area contributed by atoms with E-state index in [9.17, 15) is 18.5 Å². The van der Waals surface area contributed by atoms with Gasteiger partial charge in [0.1, 0.15) is 24.4 Å². The molecule has 1 heterocycles. The van der Waals surface area contributed by atoms with Crippen LogP contribution in [0.4, 0.5) is 18.9 Å². The lowest BCUT2D eigenvalue weighted by molar-refractivity contribution is -0.128. The number of hydrogen-bond donors (Lipinski definition) is 0. The number of ketones is 1. The Labute approximate surface area is 231 Å². The maximum atomic E-state index is 15.5. The monoisotopic (exact) mass is 575 g/mol. The fraction of sp³-hybridized carbons (Fsp3) is 0.333. The van der Waals surface area contributed by atoms with E-state index in [0.717, 1.165) is 23.1 Å². The van der Waals surface area contributed by atoms with Crippen molar-refractivity contribution in [2.45, 2.75) is 39.5 Å². The zero-order valence-electron chi connectivity index (χ0n) is 21.9. The van der Waals surface area contributed by atoms with Gasteiger partial charge < -0.3 is 9.46 Å². The van der Waals surface area contributed by atoms with Gasteiger partial charge in [0.25, 0.3) is 0 Å². The summed E-state index contributed by atoms with van der Waals surface area (Å²) in [5, 5.41) is 0.788. The van der Waals surface area contributed by atoms with E-state index in [1.807, 2.05) is 13.8 Å². The van der Waals surface area contributed by atoms with Crippen molar-refractivity contribution in [3.8, 4) is 11.1 Å². The fourth-order valence-electron chi connectivity index (χ4n) is 5.20. The minimum Gasteiger partial charge on any atom is -0.319 e. The average Bonchev–Trinajstić information content (AvgIpc) is 2.91. The fourth-order valence-corrected chi connectivity index (χ4v) is 7.49. The molecule has 1 saturated heterocycles. The van der Waals surface area contributed by atoms with Crippen LogP contribution < -0.4 is 10.2 Å². The topological polar surface area (TPSA) is 54.5 Å². The summed E-state index contributed by atoms with van der Waals surface area (Å²) in [4.78, 5) is 27.0. The second-order valence-corrected chi connectivity index (χ2v) is 13.8. The van der Waals surface area contributed by atoms with Gasteiger partial charge in [-0.3, -0.25) is 9.59 Å². The number of carbonyl (C=O) groups is 2. The largest absolute Gasteiger partial charge is 0.319 e. The van der Waals surface area contributed by atoms with Crippen molar-refractivity contribution in [1.29, 1.82) is 0 Å². The van der Waals surface area contributed by atoms with Crippen LogP contribution in [0.1, 0.15) is 38.7 Å². The molecule has 3 aromatic rings. The molecule has 0 saturated carbocycles. The molecule has 1 amide bonds. The maximum absolute atomic E-state index is 15.5. The number of piperidine rings is 1. The number of anilines is 1. The molecule has 0 unspecified atom stereocenters. The van der Waals surface area contributed by atoms with Crippen LogP contribution in [0, 0.1) is 23.4 Å². The second-order valence-electron chi connectivity index (χ2n) is 9.81. The van der Waals surface area contributed by atoms with E-state index in [-0.39, 0.29) is 41.3 Å². The summed E-state index contributed by atoms with van der Waals surface area (Å²) in [5.74, 6) is -4.08. The van der Waals surface area contributed by atoms with E-state index in [0.29, 0.717) is 36.0 Å². The Hall–Kier alpha value is -2.89. The summed E-state index contributed by atoms with van der Waals surface area (Å²) in [6, 6.07) is 13.3. The molecule has 1 atom stereocenters. The standard InChI is InChI=1S/C30H30ClF3NO3P/c1-3-39(38,4-2)28-10-6-5-9-24(28)21-16-26(33)29(27(34)17-21)35-13-7-8-20(30(35)37)15-23(36)14-19-11-12-22(31)18-25(19)32/h5-6,9-12,16-18,20H,3-4,7-8,13-15H2,1-2H3/t20-/m0/s1. The lowest BCUT2D eigenvalue weighted by atomic mass is 9.89. The number of carbonyl (C=O) groups excluding carboxylic acids is 2. The molecule has 0 bridgehead atoms. The highest BCUT2D eigenvalue weighted by Gasteiger charge is 2.34. The zero-order chi connectivity index (χ0) is 28.3. The lowest BCUT2D eigenvalue weighted by Crippen LogP contribution is -2.43. The Bertz CT molecular complexity index is 1430. The second kappa shape index (κ2) is 12.1. The van der Waals surface area contributed by atoms with Crippen LogP contribution in [-0.2, 0) is 20.6 Å². The highest BCUT2D eigenvalue weighted by Crippen LogP contribution is 2.46. The quantitative estimate of drug-likeness (QED) is 0.250. The van der Waals surface area contributed by atoms with Gasteiger partial charge in [-0.25, -0.2) is 13.2 Å². The summed E-state index contributed by atoms with van der Waals surface area (Å²) < 4.78 is 58.5. The van der Waals surface area contributed by atoms with Crippen LogP contribution in [0.5, 0.6) is 0 Å². The maximum Gasteiger partial charge on any atom is 0.230 e. The van der Waals surface area contributed by atoms with E-state index in [1.165, 1.54) is 12.1 Å². The SMILES string of the molecule is CCP(=O)(CC)c1ccccc1-c1cc(F)c(N2CCC[C@@H](CC(=O)Cc3ccc(Cl)cc3F)C2=O)c(F)c1. The van der Waals surface area contributed by atoms with Gasteiger partial charge in [0.2, 0.25) is 5.91 Å². The molecule has 0 spiro atoms. The van der Waals surface area contributed by atoms with E-state index in [2.05, 4.69) is 0 Å². The Morgan fingerprint density at radius 1 is 1.00 bits per heavy atom. The Balaban J connectivity index is 1.58. The van der Waals surface area contributed by atoms with Crippen molar-refractivity contribution in [3.05, 3.63) is 82.6 Å². The normalized spacial score (nSPS) is 16.0. The third-order valence-corrected chi connectivity index (χ3v) is 10.9. The van der Waals surface area contributed by atoms with E-state index >= 15 is 8.78 Å². The first-order valence-electron chi connectivity index (χ1n) is 13.0. The van der Waals surface area contributed by atoms with Gasteiger partial charge in [-0.1, -0.05) is 55.8 Å². The van der Waals surface area contributed by atoms with Crippen LogP contribution >= 0.6 is 18.7 Å². The number of nitrogens with zero attached hydrogens (tertiary/aromatic N) is 1. The number of amides is 1. The molecule has 1 fully saturated rings. The number of benzene rings is 3. The average molecular weight is 576 g/mol. The minimum atomic E-state index is -2.74. The van der Waals surface area contributed by atoms with Crippen LogP contribution in [0.15, 0.2) is 54.6 Å². The van der Waals surface area contributed by atoms with Crippen molar-refractivity contribution in [2.75, 3.05) is 23.8 Å². The third-order valence-electron chi connectivity index (χ3n) is 7.39. The number of hydrogen-bond acceptors (Lipinski definition) is 3. The molecule has 0 aliphatic carbocycles. The van der Waals surface area contributed by atoms with Crippen LogP contribution in [0.25, 0.3) is 11.1 Å². The van der Waals surface area contributed by atoms with E-state index in [1.54, 1.807) is 24.3 Å². The number of rotatable bonds is 9. The van der Waals surface area contributed by atoms with Gasteiger partial charge in [0.15, 0.2) is 11.6 Å². The molecule has 0 aromatic heterocycles. The minimum absolute atomic E-state index is 0.111. The molecule has 1 aliphatic heterocycles. The molecule has 39 heavy (non-hydrogen) atoms. The first-order valence-corrected chi connectivity index (χ1v) is 15.5. The Kier molecular flexibility index (Phi) is 9.03. The highest BCUT2D eigenvalue weighted by atomic mass is 35.5. The smallest absolute Gasteiger partial charge is 0.230 e. The summed E-state index contributed by atoms with van der Waals surface area (Å²) in [5.41, 5.74) is 0.453. The van der Waals surface area contributed by atoms with Gasteiger partial charge in [-0.05, 0) is 53.8 Å². The molecular formula is C30H30ClF3NO3P. The molecule has 4 rings (SSSR count). The van der Waals surface area contributed by atoms with Crippen molar-refractivity contribution in [1.82, 2.24) is 0 Å². The number of halogens is 4.